The van der Waals surface area contributed by atoms with E-state index < -0.39 is 0 Å². The molecule has 0 atom stereocenters. The number of hydrogen-bond acceptors (Lipinski definition) is 4. The number of nitrogens with two attached hydrogens (primary N) is 1. The molecule has 0 aliphatic heterocycles. The summed E-state index contributed by atoms with van der Waals surface area (Å²) in [6.45, 7) is 3.55. The summed E-state index contributed by atoms with van der Waals surface area (Å²) in [5.41, 5.74) is 5.43. The summed E-state index contributed by atoms with van der Waals surface area (Å²) in [6.07, 6.45) is 0.780. The third-order valence-electron chi connectivity index (χ3n) is 1.74. The van der Waals surface area contributed by atoms with Gasteiger partial charge in [0.25, 0.3) is 0 Å². The van der Waals surface area contributed by atoms with Crippen molar-refractivity contribution < 1.29 is 0 Å². The van der Waals surface area contributed by atoms with Crippen LogP contribution >= 0.6 is 0 Å². The van der Waals surface area contributed by atoms with Crippen LogP contribution in [0, 0.1) is 0 Å². The van der Waals surface area contributed by atoms with Crippen LogP contribution in [0.4, 0.5) is 5.95 Å². The van der Waals surface area contributed by atoms with Crippen molar-refractivity contribution >= 4 is 5.95 Å². The Hall–Kier alpha value is -1.10. The molecule has 0 amide bonds. The van der Waals surface area contributed by atoms with Gasteiger partial charge in [0, 0.05) is 20.0 Å². The summed E-state index contributed by atoms with van der Waals surface area (Å²) in [6, 6.07) is 0. The van der Waals surface area contributed by atoms with Crippen molar-refractivity contribution in [3.8, 4) is 0 Å². The van der Waals surface area contributed by atoms with Gasteiger partial charge in [-0.3, -0.25) is 4.57 Å². The summed E-state index contributed by atoms with van der Waals surface area (Å²) >= 11 is 0. The van der Waals surface area contributed by atoms with Crippen molar-refractivity contribution in [3.63, 3.8) is 0 Å². The van der Waals surface area contributed by atoms with Gasteiger partial charge in [0.2, 0.25) is 5.95 Å². The second-order valence-corrected chi connectivity index (χ2v) is 2.47. The Morgan fingerprint density at radius 2 is 2.25 bits per heavy atom. The van der Waals surface area contributed by atoms with E-state index in [4.69, 9.17) is 5.73 Å². The molecule has 0 radical (unpaired) electrons. The average molecular weight is 169 g/mol. The van der Waals surface area contributed by atoms with E-state index in [9.17, 15) is 0 Å². The molecule has 0 saturated heterocycles. The van der Waals surface area contributed by atoms with Gasteiger partial charge in [-0.05, 0) is 13.5 Å². The van der Waals surface area contributed by atoms with Gasteiger partial charge in [-0.2, -0.15) is 0 Å². The molecule has 5 heteroatoms. The summed E-state index contributed by atoms with van der Waals surface area (Å²) in [7, 11) is 1.84. The molecule has 1 rings (SSSR count). The Morgan fingerprint density at radius 3 is 2.75 bits per heavy atom. The lowest BCUT2D eigenvalue weighted by Crippen LogP contribution is -2.10. The first-order valence-electron chi connectivity index (χ1n) is 4.13. The van der Waals surface area contributed by atoms with Gasteiger partial charge in [0.15, 0.2) is 0 Å². The van der Waals surface area contributed by atoms with Crippen LogP contribution in [0.25, 0.3) is 0 Å². The maximum absolute atomic E-state index is 5.43. The van der Waals surface area contributed by atoms with E-state index in [-0.39, 0.29) is 0 Å². The Bertz CT molecular complexity index is 242. The first-order chi connectivity index (χ1) is 5.83. The molecule has 5 nitrogen and oxygen atoms in total. The maximum atomic E-state index is 5.43. The normalized spacial score (nSPS) is 10.2. The van der Waals surface area contributed by atoms with Crippen molar-refractivity contribution in [2.75, 3.05) is 18.9 Å². The molecule has 0 aliphatic carbocycles. The Kier molecular flexibility index (Phi) is 3.04. The molecule has 1 aromatic rings. The summed E-state index contributed by atoms with van der Waals surface area (Å²) in [5, 5.41) is 11.0. The van der Waals surface area contributed by atoms with Crippen molar-refractivity contribution in [1.29, 1.82) is 0 Å². The third-order valence-corrected chi connectivity index (χ3v) is 1.74. The molecule has 0 fully saturated rings. The molecule has 1 aromatic heterocycles. The standard InChI is InChI=1S/C7H15N5/c1-3-12-6(4-5-8)10-11-7(12)9-2/h3-5,8H2,1-2H3,(H,9,11). The molecular formula is C7H15N5. The average Bonchev–Trinajstić information content (AvgIpc) is 2.47. The smallest absolute Gasteiger partial charge is 0.224 e. The van der Waals surface area contributed by atoms with E-state index in [1.807, 2.05) is 11.6 Å². The quantitative estimate of drug-likeness (QED) is 0.657. The number of rotatable bonds is 4. The zero-order valence-electron chi connectivity index (χ0n) is 7.54. The topological polar surface area (TPSA) is 68.8 Å². The van der Waals surface area contributed by atoms with Crippen LogP contribution in [-0.4, -0.2) is 28.4 Å². The molecular weight excluding hydrogens is 154 g/mol. The van der Waals surface area contributed by atoms with Gasteiger partial charge in [-0.25, -0.2) is 0 Å². The van der Waals surface area contributed by atoms with Gasteiger partial charge in [-0.1, -0.05) is 0 Å². The lowest BCUT2D eigenvalue weighted by atomic mass is 10.4. The highest BCUT2D eigenvalue weighted by Gasteiger charge is 2.06. The number of nitrogens with one attached hydrogen (secondary N) is 1. The highest BCUT2D eigenvalue weighted by Crippen LogP contribution is 2.06. The van der Waals surface area contributed by atoms with Crippen LogP contribution in [0.5, 0.6) is 0 Å². The highest BCUT2D eigenvalue weighted by atomic mass is 15.3. The fourth-order valence-electron chi connectivity index (χ4n) is 1.17. The zero-order chi connectivity index (χ0) is 8.97. The molecule has 3 N–H and O–H groups in total. The predicted molar refractivity (Wildman–Crippen MR) is 48.0 cm³/mol. The minimum Gasteiger partial charge on any atom is -0.357 e. The van der Waals surface area contributed by atoms with E-state index in [0.29, 0.717) is 6.54 Å². The van der Waals surface area contributed by atoms with Gasteiger partial charge < -0.3 is 11.1 Å². The van der Waals surface area contributed by atoms with E-state index in [2.05, 4.69) is 22.4 Å². The van der Waals surface area contributed by atoms with Crippen LogP contribution in [0.3, 0.4) is 0 Å². The minimum absolute atomic E-state index is 0.613. The summed E-state index contributed by atoms with van der Waals surface area (Å²) in [5.74, 6) is 1.75. The van der Waals surface area contributed by atoms with E-state index in [1.165, 1.54) is 0 Å². The van der Waals surface area contributed by atoms with Crippen molar-refractivity contribution in [1.82, 2.24) is 14.8 Å². The molecule has 0 bridgehead atoms. The summed E-state index contributed by atoms with van der Waals surface area (Å²) < 4.78 is 2.02. The van der Waals surface area contributed by atoms with Crippen molar-refractivity contribution in [3.05, 3.63) is 5.82 Å². The Balaban J connectivity index is 2.88. The third kappa shape index (κ3) is 1.55. The predicted octanol–water partition coefficient (Wildman–Crippen LogP) is -0.159. The molecule has 68 valence electrons. The summed E-state index contributed by atoms with van der Waals surface area (Å²) in [4.78, 5) is 0. The fourth-order valence-corrected chi connectivity index (χ4v) is 1.17. The minimum atomic E-state index is 0.613. The highest BCUT2D eigenvalue weighted by molar-refractivity contribution is 5.24. The van der Waals surface area contributed by atoms with Gasteiger partial charge >= 0.3 is 0 Å². The van der Waals surface area contributed by atoms with Crippen molar-refractivity contribution in [2.45, 2.75) is 19.9 Å². The molecule has 0 unspecified atom stereocenters. The van der Waals surface area contributed by atoms with Crippen LogP contribution in [0.2, 0.25) is 0 Å². The zero-order valence-corrected chi connectivity index (χ0v) is 7.54. The Morgan fingerprint density at radius 1 is 1.50 bits per heavy atom. The molecule has 0 aromatic carbocycles. The van der Waals surface area contributed by atoms with Crippen LogP contribution in [-0.2, 0) is 13.0 Å². The first-order valence-corrected chi connectivity index (χ1v) is 4.13. The molecule has 12 heavy (non-hydrogen) atoms. The molecule has 0 saturated carbocycles. The lowest BCUT2D eigenvalue weighted by molar-refractivity contribution is 0.698. The molecule has 0 spiro atoms. The monoisotopic (exact) mass is 169 g/mol. The van der Waals surface area contributed by atoms with Crippen LogP contribution in [0.15, 0.2) is 0 Å². The van der Waals surface area contributed by atoms with Gasteiger partial charge in [0.1, 0.15) is 5.82 Å². The van der Waals surface area contributed by atoms with Gasteiger partial charge in [0.05, 0.1) is 0 Å². The largest absolute Gasteiger partial charge is 0.357 e. The number of hydrogen-bond donors (Lipinski definition) is 2. The van der Waals surface area contributed by atoms with Crippen LogP contribution < -0.4 is 11.1 Å². The van der Waals surface area contributed by atoms with E-state index in [0.717, 1.165) is 24.7 Å². The van der Waals surface area contributed by atoms with Crippen molar-refractivity contribution in [2.24, 2.45) is 5.73 Å². The fraction of sp³-hybridized carbons (Fsp3) is 0.714. The number of nitrogens with zero attached hydrogens (tertiary/aromatic N) is 3. The first kappa shape index (κ1) is 8.99. The van der Waals surface area contributed by atoms with Gasteiger partial charge in [-0.15, -0.1) is 10.2 Å². The number of anilines is 1. The Labute approximate surface area is 72.0 Å². The maximum Gasteiger partial charge on any atom is 0.224 e. The second kappa shape index (κ2) is 4.06. The van der Waals surface area contributed by atoms with Crippen LogP contribution in [0.1, 0.15) is 12.7 Å². The van der Waals surface area contributed by atoms with E-state index in [1.54, 1.807) is 0 Å². The molecule has 1 heterocycles. The number of aromatic nitrogens is 3. The molecule has 0 aliphatic rings. The lowest BCUT2D eigenvalue weighted by Gasteiger charge is -2.04. The second-order valence-electron chi connectivity index (χ2n) is 2.47. The SMILES string of the molecule is CCn1c(CCN)nnc1NC. The van der Waals surface area contributed by atoms with E-state index >= 15 is 0 Å².